The first-order valence-electron chi connectivity index (χ1n) is 5.92. The number of hydrogen-bond acceptors (Lipinski definition) is 2. The highest BCUT2D eigenvalue weighted by molar-refractivity contribution is 5.96. The van der Waals surface area contributed by atoms with E-state index in [2.05, 4.69) is 23.3 Å². The monoisotopic (exact) mass is 230 g/mol. The summed E-state index contributed by atoms with van der Waals surface area (Å²) in [6.07, 6.45) is 0.923. The van der Waals surface area contributed by atoms with Crippen LogP contribution in [-0.2, 0) is 13.0 Å². The zero-order valence-corrected chi connectivity index (χ0v) is 10.2. The summed E-state index contributed by atoms with van der Waals surface area (Å²) in [7, 11) is 0. The number of carbonyl (C=O) groups excluding carboxylic acids is 1. The summed E-state index contributed by atoms with van der Waals surface area (Å²) in [6, 6.07) is 5.93. The molecule has 90 valence electrons. The highest BCUT2D eigenvalue weighted by Crippen LogP contribution is 2.18. The van der Waals surface area contributed by atoms with Crippen molar-refractivity contribution >= 4 is 5.91 Å². The third-order valence-electron chi connectivity index (χ3n) is 2.94. The Morgan fingerprint density at radius 1 is 1.53 bits per heavy atom. The Balaban J connectivity index is 2.20. The Kier molecular flexibility index (Phi) is 3.59. The van der Waals surface area contributed by atoms with Gasteiger partial charge in [0.15, 0.2) is 0 Å². The number of benzene rings is 1. The molecule has 1 heterocycles. The van der Waals surface area contributed by atoms with Crippen LogP contribution in [0.3, 0.4) is 0 Å². The molecule has 2 rings (SSSR count). The molecule has 0 aliphatic carbocycles. The molecular weight excluding hydrogens is 212 g/mol. The van der Waals surface area contributed by atoms with Crippen molar-refractivity contribution in [1.82, 2.24) is 10.6 Å². The van der Waals surface area contributed by atoms with Gasteiger partial charge in [0.1, 0.15) is 0 Å². The van der Waals surface area contributed by atoms with Gasteiger partial charge in [0.25, 0.3) is 5.91 Å². The van der Waals surface area contributed by atoms with E-state index in [-0.39, 0.29) is 5.91 Å². The van der Waals surface area contributed by atoms with Crippen molar-refractivity contribution in [2.24, 2.45) is 0 Å². The van der Waals surface area contributed by atoms with Crippen molar-refractivity contribution in [3.63, 3.8) is 0 Å². The topological polar surface area (TPSA) is 41.1 Å². The average Bonchev–Trinajstić information content (AvgIpc) is 2.35. The van der Waals surface area contributed by atoms with Gasteiger partial charge in [0, 0.05) is 18.7 Å². The minimum Gasteiger partial charge on any atom is -0.348 e. The highest BCUT2D eigenvalue weighted by Gasteiger charge is 2.16. The molecule has 1 aliphatic heterocycles. The van der Waals surface area contributed by atoms with E-state index in [4.69, 9.17) is 0 Å². The first kappa shape index (κ1) is 11.9. The summed E-state index contributed by atoms with van der Waals surface area (Å²) < 4.78 is 0. The number of carbonyl (C=O) groups is 1. The molecule has 0 fully saturated rings. The minimum absolute atomic E-state index is 0.00625. The summed E-state index contributed by atoms with van der Waals surface area (Å²) in [6.45, 7) is 8.03. The second-order valence-corrected chi connectivity index (χ2v) is 4.51. The summed E-state index contributed by atoms with van der Waals surface area (Å²) >= 11 is 0. The van der Waals surface area contributed by atoms with Gasteiger partial charge < -0.3 is 10.6 Å². The maximum absolute atomic E-state index is 12.0. The van der Waals surface area contributed by atoms with E-state index in [1.165, 1.54) is 11.1 Å². The normalized spacial score (nSPS) is 13.9. The van der Waals surface area contributed by atoms with Gasteiger partial charge in [-0.05, 0) is 37.1 Å². The van der Waals surface area contributed by atoms with Crippen LogP contribution in [0.1, 0.15) is 28.4 Å². The molecule has 3 nitrogen and oxygen atoms in total. The lowest BCUT2D eigenvalue weighted by Crippen LogP contribution is -2.30. The van der Waals surface area contributed by atoms with E-state index >= 15 is 0 Å². The molecule has 0 unspecified atom stereocenters. The number of rotatable bonds is 3. The Bertz CT molecular complexity index is 452. The van der Waals surface area contributed by atoms with E-state index in [1.54, 1.807) is 0 Å². The van der Waals surface area contributed by atoms with Crippen LogP contribution in [0.5, 0.6) is 0 Å². The number of fused-ring (bicyclic) bond motifs is 1. The van der Waals surface area contributed by atoms with Crippen LogP contribution in [0.2, 0.25) is 0 Å². The van der Waals surface area contributed by atoms with Gasteiger partial charge in [-0.25, -0.2) is 0 Å². The minimum atomic E-state index is 0.00625. The van der Waals surface area contributed by atoms with E-state index in [0.717, 1.165) is 30.6 Å². The fourth-order valence-corrected chi connectivity index (χ4v) is 2.07. The first-order chi connectivity index (χ1) is 8.18. The lowest BCUT2D eigenvalue weighted by atomic mass is 9.95. The van der Waals surface area contributed by atoms with Crippen molar-refractivity contribution in [2.45, 2.75) is 19.9 Å². The SMILES string of the molecule is C=C(C)CNC(=O)c1cccc2c1CCNC2. The summed E-state index contributed by atoms with van der Waals surface area (Å²) in [5, 5.41) is 6.20. The molecule has 1 aromatic rings. The summed E-state index contributed by atoms with van der Waals surface area (Å²) in [5.41, 5.74) is 4.19. The van der Waals surface area contributed by atoms with Gasteiger partial charge >= 0.3 is 0 Å². The van der Waals surface area contributed by atoms with Gasteiger partial charge in [-0.1, -0.05) is 24.3 Å². The van der Waals surface area contributed by atoms with Crippen LogP contribution in [0.15, 0.2) is 30.4 Å². The standard InChI is InChI=1S/C14H18N2O/c1-10(2)8-16-14(17)13-5-3-4-11-9-15-7-6-12(11)13/h3-5,15H,1,6-9H2,2H3,(H,16,17). The highest BCUT2D eigenvalue weighted by atomic mass is 16.1. The van der Waals surface area contributed by atoms with Gasteiger partial charge in [-0.2, -0.15) is 0 Å². The largest absolute Gasteiger partial charge is 0.348 e. The molecular formula is C14H18N2O. The van der Waals surface area contributed by atoms with Crippen molar-refractivity contribution in [3.8, 4) is 0 Å². The molecule has 1 aliphatic rings. The van der Waals surface area contributed by atoms with E-state index in [0.29, 0.717) is 6.54 Å². The molecule has 0 radical (unpaired) electrons. The summed E-state index contributed by atoms with van der Waals surface area (Å²) in [5.74, 6) is 0.00625. The van der Waals surface area contributed by atoms with Gasteiger partial charge in [0.2, 0.25) is 0 Å². The van der Waals surface area contributed by atoms with Crippen molar-refractivity contribution in [2.75, 3.05) is 13.1 Å². The van der Waals surface area contributed by atoms with Crippen LogP contribution in [0.4, 0.5) is 0 Å². The number of nitrogens with one attached hydrogen (secondary N) is 2. The van der Waals surface area contributed by atoms with Gasteiger partial charge in [-0.15, -0.1) is 0 Å². The molecule has 0 aromatic heterocycles. The molecule has 0 saturated carbocycles. The van der Waals surface area contributed by atoms with E-state index in [1.807, 2.05) is 19.1 Å². The molecule has 3 heteroatoms. The van der Waals surface area contributed by atoms with Gasteiger partial charge in [0.05, 0.1) is 0 Å². The predicted octanol–water partition coefficient (Wildman–Crippen LogP) is 1.64. The van der Waals surface area contributed by atoms with Crippen LogP contribution in [-0.4, -0.2) is 19.0 Å². The molecule has 1 amide bonds. The zero-order chi connectivity index (χ0) is 12.3. The molecule has 2 N–H and O–H groups in total. The second kappa shape index (κ2) is 5.15. The Labute approximate surface area is 102 Å². The van der Waals surface area contributed by atoms with E-state index < -0.39 is 0 Å². The Morgan fingerprint density at radius 3 is 3.12 bits per heavy atom. The fraction of sp³-hybridized carbons (Fsp3) is 0.357. The second-order valence-electron chi connectivity index (χ2n) is 4.51. The van der Waals surface area contributed by atoms with Gasteiger partial charge in [-0.3, -0.25) is 4.79 Å². The molecule has 17 heavy (non-hydrogen) atoms. The van der Waals surface area contributed by atoms with Crippen molar-refractivity contribution in [3.05, 3.63) is 47.0 Å². The summed E-state index contributed by atoms with van der Waals surface area (Å²) in [4.78, 5) is 12.0. The molecule has 0 spiro atoms. The van der Waals surface area contributed by atoms with Crippen molar-refractivity contribution < 1.29 is 4.79 Å². The van der Waals surface area contributed by atoms with Crippen LogP contribution >= 0.6 is 0 Å². The average molecular weight is 230 g/mol. The smallest absolute Gasteiger partial charge is 0.251 e. The lowest BCUT2D eigenvalue weighted by Gasteiger charge is -2.19. The Hall–Kier alpha value is -1.61. The first-order valence-corrected chi connectivity index (χ1v) is 5.92. The molecule has 0 atom stereocenters. The Morgan fingerprint density at radius 2 is 2.35 bits per heavy atom. The number of hydrogen-bond donors (Lipinski definition) is 2. The van der Waals surface area contributed by atoms with Crippen LogP contribution in [0, 0.1) is 0 Å². The van der Waals surface area contributed by atoms with E-state index in [9.17, 15) is 4.79 Å². The lowest BCUT2D eigenvalue weighted by molar-refractivity contribution is 0.0956. The molecule has 0 bridgehead atoms. The van der Waals surface area contributed by atoms with Crippen LogP contribution in [0.25, 0.3) is 0 Å². The third kappa shape index (κ3) is 2.74. The maximum Gasteiger partial charge on any atom is 0.251 e. The van der Waals surface area contributed by atoms with Crippen molar-refractivity contribution in [1.29, 1.82) is 0 Å². The zero-order valence-electron chi connectivity index (χ0n) is 10.2. The fourth-order valence-electron chi connectivity index (χ4n) is 2.07. The number of amides is 1. The predicted molar refractivity (Wildman–Crippen MR) is 69.0 cm³/mol. The molecule has 0 saturated heterocycles. The quantitative estimate of drug-likeness (QED) is 0.775. The molecule has 1 aromatic carbocycles. The third-order valence-corrected chi connectivity index (χ3v) is 2.94. The maximum atomic E-state index is 12.0. The van der Waals surface area contributed by atoms with Crippen LogP contribution < -0.4 is 10.6 Å².